The van der Waals surface area contributed by atoms with Gasteiger partial charge in [-0.25, -0.2) is 0 Å². The van der Waals surface area contributed by atoms with Gasteiger partial charge in [0.25, 0.3) is 5.91 Å². The van der Waals surface area contributed by atoms with Gasteiger partial charge in [-0.3, -0.25) is 9.59 Å². The van der Waals surface area contributed by atoms with E-state index in [1.807, 2.05) is 27.7 Å². The molecule has 0 spiro atoms. The van der Waals surface area contributed by atoms with Crippen molar-refractivity contribution in [3.8, 4) is 5.75 Å². The van der Waals surface area contributed by atoms with Crippen LogP contribution >= 0.6 is 0 Å². The summed E-state index contributed by atoms with van der Waals surface area (Å²) in [6, 6.07) is 3.30. The van der Waals surface area contributed by atoms with E-state index in [9.17, 15) is 9.59 Å². The summed E-state index contributed by atoms with van der Waals surface area (Å²) in [6.45, 7) is 7.33. The number of ether oxygens (including phenoxy) is 1. The fraction of sp³-hybridized carbons (Fsp3) is 0.429. The molecular formula is C14H19NO3. The van der Waals surface area contributed by atoms with Crippen LogP contribution in [0.25, 0.3) is 0 Å². The Labute approximate surface area is 107 Å². The summed E-state index contributed by atoms with van der Waals surface area (Å²) in [6.07, 6.45) is 0. The van der Waals surface area contributed by atoms with Crippen molar-refractivity contribution in [2.75, 3.05) is 7.11 Å². The predicted octanol–water partition coefficient (Wildman–Crippen LogP) is 2.02. The van der Waals surface area contributed by atoms with Gasteiger partial charge in [0, 0.05) is 11.6 Å². The van der Waals surface area contributed by atoms with E-state index in [-0.39, 0.29) is 6.04 Å². The molecule has 18 heavy (non-hydrogen) atoms. The maximum Gasteiger partial charge on any atom is 0.292 e. The second-order valence-electron chi connectivity index (χ2n) is 4.60. The number of methoxy groups -OCH3 is 1. The molecule has 1 rings (SSSR count). The lowest BCUT2D eigenvalue weighted by molar-refractivity contribution is -0.117. The van der Waals surface area contributed by atoms with Crippen molar-refractivity contribution >= 4 is 11.7 Å². The average Bonchev–Trinajstić information content (AvgIpc) is 2.26. The van der Waals surface area contributed by atoms with Crippen LogP contribution in [0.15, 0.2) is 12.1 Å². The minimum absolute atomic E-state index is 0.0538. The Bertz CT molecular complexity index is 455. The number of ketones is 1. The third-order valence-electron chi connectivity index (χ3n) is 2.55. The molecule has 0 atom stereocenters. The molecule has 0 aliphatic rings. The van der Waals surface area contributed by atoms with Crippen molar-refractivity contribution in [2.24, 2.45) is 0 Å². The number of carbonyl (C=O) groups excluding carboxylic acids is 2. The molecule has 0 saturated heterocycles. The lowest BCUT2D eigenvalue weighted by atomic mass is 10.0. The number of hydrogen-bond acceptors (Lipinski definition) is 3. The van der Waals surface area contributed by atoms with Crippen LogP contribution in [-0.4, -0.2) is 24.8 Å². The summed E-state index contributed by atoms with van der Waals surface area (Å²) in [4.78, 5) is 23.6. The zero-order valence-electron chi connectivity index (χ0n) is 11.5. The first-order chi connectivity index (χ1) is 8.36. The number of amides is 1. The number of benzene rings is 1. The van der Waals surface area contributed by atoms with E-state index in [2.05, 4.69) is 5.32 Å². The van der Waals surface area contributed by atoms with E-state index >= 15 is 0 Å². The van der Waals surface area contributed by atoms with Gasteiger partial charge in [0.2, 0.25) is 5.78 Å². The molecule has 0 heterocycles. The number of aryl methyl sites for hydroxylation is 2. The molecule has 0 bridgehead atoms. The molecule has 0 aliphatic carbocycles. The second-order valence-corrected chi connectivity index (χ2v) is 4.60. The monoisotopic (exact) mass is 249 g/mol. The minimum Gasteiger partial charge on any atom is -0.496 e. The molecule has 0 aromatic heterocycles. The summed E-state index contributed by atoms with van der Waals surface area (Å²) in [7, 11) is 1.59. The van der Waals surface area contributed by atoms with Crippen LogP contribution in [0, 0.1) is 13.8 Å². The molecule has 4 nitrogen and oxygen atoms in total. The molecule has 98 valence electrons. The van der Waals surface area contributed by atoms with Gasteiger partial charge >= 0.3 is 0 Å². The number of rotatable bonds is 4. The highest BCUT2D eigenvalue weighted by Crippen LogP contribution is 2.24. The molecule has 1 N–H and O–H groups in total. The summed E-state index contributed by atoms with van der Waals surface area (Å²) in [5.74, 6) is -0.345. The number of nitrogens with one attached hydrogen (secondary N) is 1. The van der Waals surface area contributed by atoms with E-state index in [1.165, 1.54) is 0 Å². The topological polar surface area (TPSA) is 55.4 Å². The van der Waals surface area contributed by atoms with Crippen LogP contribution in [0.3, 0.4) is 0 Å². The Morgan fingerprint density at radius 1 is 1.17 bits per heavy atom. The fourth-order valence-corrected chi connectivity index (χ4v) is 1.86. The van der Waals surface area contributed by atoms with Gasteiger partial charge in [0.05, 0.1) is 7.11 Å². The first kappa shape index (κ1) is 14.2. The van der Waals surface area contributed by atoms with E-state index in [1.54, 1.807) is 19.2 Å². The van der Waals surface area contributed by atoms with Crippen molar-refractivity contribution in [1.29, 1.82) is 0 Å². The molecule has 0 fully saturated rings. The van der Waals surface area contributed by atoms with E-state index in [0.717, 1.165) is 16.9 Å². The molecule has 0 unspecified atom stereocenters. The number of carbonyl (C=O) groups is 2. The molecule has 1 amide bonds. The first-order valence-electron chi connectivity index (χ1n) is 5.87. The highest BCUT2D eigenvalue weighted by atomic mass is 16.5. The Kier molecular flexibility index (Phi) is 4.48. The third kappa shape index (κ3) is 3.09. The average molecular weight is 249 g/mol. The molecule has 0 aliphatic heterocycles. The zero-order chi connectivity index (χ0) is 13.9. The van der Waals surface area contributed by atoms with Crippen molar-refractivity contribution in [3.63, 3.8) is 0 Å². The Morgan fingerprint density at radius 2 is 1.67 bits per heavy atom. The Hall–Kier alpha value is -1.84. The van der Waals surface area contributed by atoms with Crippen LogP contribution in [0.4, 0.5) is 0 Å². The smallest absolute Gasteiger partial charge is 0.292 e. The van der Waals surface area contributed by atoms with Gasteiger partial charge < -0.3 is 10.1 Å². The van der Waals surface area contributed by atoms with Gasteiger partial charge in [-0.15, -0.1) is 0 Å². The summed E-state index contributed by atoms with van der Waals surface area (Å²) in [5.41, 5.74) is 2.08. The van der Waals surface area contributed by atoms with Gasteiger partial charge in [-0.05, 0) is 51.0 Å². The largest absolute Gasteiger partial charge is 0.496 e. The van der Waals surface area contributed by atoms with Crippen LogP contribution in [0.1, 0.15) is 35.3 Å². The lowest BCUT2D eigenvalue weighted by Gasteiger charge is -2.11. The zero-order valence-corrected chi connectivity index (χ0v) is 11.5. The van der Waals surface area contributed by atoms with Crippen molar-refractivity contribution in [3.05, 3.63) is 28.8 Å². The first-order valence-corrected chi connectivity index (χ1v) is 5.87. The maximum atomic E-state index is 11.9. The standard InChI is InChI=1S/C14H19NO3/c1-8(2)15-14(17)12(16)11-6-9(3)13(18-5)10(4)7-11/h6-8H,1-5H3,(H,15,17). The van der Waals surface area contributed by atoms with E-state index < -0.39 is 11.7 Å². The maximum absolute atomic E-state index is 11.9. The summed E-state index contributed by atoms with van der Waals surface area (Å²) < 4.78 is 5.22. The van der Waals surface area contributed by atoms with Crippen molar-refractivity contribution < 1.29 is 14.3 Å². The highest BCUT2D eigenvalue weighted by molar-refractivity contribution is 6.42. The Morgan fingerprint density at radius 3 is 2.06 bits per heavy atom. The molecule has 1 aromatic carbocycles. The third-order valence-corrected chi connectivity index (χ3v) is 2.55. The highest BCUT2D eigenvalue weighted by Gasteiger charge is 2.18. The molecule has 0 radical (unpaired) electrons. The minimum atomic E-state index is -0.575. The van der Waals surface area contributed by atoms with Crippen molar-refractivity contribution in [1.82, 2.24) is 5.32 Å². The van der Waals surface area contributed by atoms with Crippen LogP contribution < -0.4 is 10.1 Å². The van der Waals surface area contributed by atoms with Crippen molar-refractivity contribution in [2.45, 2.75) is 33.7 Å². The molecule has 1 aromatic rings. The predicted molar refractivity (Wildman–Crippen MR) is 70.1 cm³/mol. The fourth-order valence-electron chi connectivity index (χ4n) is 1.86. The number of Topliss-reactive ketones (excluding diaryl/α,β-unsaturated/α-hetero) is 1. The van der Waals surface area contributed by atoms with Crippen LogP contribution in [-0.2, 0) is 4.79 Å². The lowest BCUT2D eigenvalue weighted by Crippen LogP contribution is -2.36. The second kappa shape index (κ2) is 5.67. The van der Waals surface area contributed by atoms with E-state index in [4.69, 9.17) is 4.74 Å². The normalized spacial score (nSPS) is 10.3. The molecular weight excluding hydrogens is 230 g/mol. The van der Waals surface area contributed by atoms with Gasteiger partial charge in [-0.1, -0.05) is 0 Å². The van der Waals surface area contributed by atoms with Gasteiger partial charge in [0.1, 0.15) is 5.75 Å². The SMILES string of the molecule is COc1c(C)cc(C(=O)C(=O)NC(C)C)cc1C. The van der Waals surface area contributed by atoms with Gasteiger partial charge in [-0.2, -0.15) is 0 Å². The summed E-state index contributed by atoms with van der Waals surface area (Å²) >= 11 is 0. The summed E-state index contributed by atoms with van der Waals surface area (Å²) in [5, 5.41) is 2.59. The quantitative estimate of drug-likeness (QED) is 0.656. The van der Waals surface area contributed by atoms with E-state index in [0.29, 0.717) is 5.56 Å². The van der Waals surface area contributed by atoms with Crippen LogP contribution in [0.5, 0.6) is 5.75 Å². The Balaban J connectivity index is 3.04. The van der Waals surface area contributed by atoms with Crippen LogP contribution in [0.2, 0.25) is 0 Å². The number of hydrogen-bond donors (Lipinski definition) is 1. The van der Waals surface area contributed by atoms with Gasteiger partial charge in [0.15, 0.2) is 0 Å². The molecule has 0 saturated carbocycles. The molecule has 4 heteroatoms.